The first-order valence-electron chi connectivity index (χ1n) is 5.32. The predicted octanol–water partition coefficient (Wildman–Crippen LogP) is 2.87. The van der Waals surface area contributed by atoms with Crippen molar-refractivity contribution in [1.29, 1.82) is 0 Å². The first-order valence-corrected chi connectivity index (χ1v) is 5.32. The summed E-state index contributed by atoms with van der Waals surface area (Å²) >= 11 is 0. The Morgan fingerprint density at radius 3 is 2.26 bits per heavy atom. The average molecular weight is 266 g/mol. The third-order valence-corrected chi connectivity index (χ3v) is 2.55. The fourth-order valence-electron chi connectivity index (χ4n) is 1.76. The van der Waals surface area contributed by atoms with Gasteiger partial charge in [0.2, 0.25) is 0 Å². The Balaban J connectivity index is 2.73. The van der Waals surface area contributed by atoms with Crippen molar-refractivity contribution in [2.45, 2.75) is 6.18 Å². The summed E-state index contributed by atoms with van der Waals surface area (Å²) in [4.78, 5) is 15.2. The van der Waals surface area contributed by atoms with Gasteiger partial charge >= 0.3 is 6.18 Å². The standard InChI is InChI=1S/C13H9F3N2O/c14-13(15,16)9-6-7-18-11(10(9)12(17)19)8-4-2-1-3-5-8/h1-7H,(H2,17,19). The van der Waals surface area contributed by atoms with Crippen LogP contribution in [-0.2, 0) is 6.18 Å². The Morgan fingerprint density at radius 2 is 1.74 bits per heavy atom. The number of hydrogen-bond donors (Lipinski definition) is 1. The van der Waals surface area contributed by atoms with Crippen LogP contribution in [0, 0.1) is 0 Å². The van der Waals surface area contributed by atoms with Crippen LogP contribution in [0.4, 0.5) is 13.2 Å². The van der Waals surface area contributed by atoms with E-state index in [0.717, 1.165) is 12.3 Å². The van der Waals surface area contributed by atoms with E-state index >= 15 is 0 Å². The van der Waals surface area contributed by atoms with Gasteiger partial charge in [-0.05, 0) is 6.07 Å². The molecule has 0 saturated heterocycles. The van der Waals surface area contributed by atoms with Gasteiger partial charge in [-0.15, -0.1) is 0 Å². The van der Waals surface area contributed by atoms with E-state index in [1.54, 1.807) is 30.3 Å². The number of nitrogens with two attached hydrogens (primary N) is 1. The second-order valence-electron chi connectivity index (χ2n) is 3.81. The van der Waals surface area contributed by atoms with Crippen molar-refractivity contribution in [2.75, 3.05) is 0 Å². The van der Waals surface area contributed by atoms with E-state index < -0.39 is 23.2 Å². The molecule has 6 heteroatoms. The lowest BCUT2D eigenvalue weighted by Crippen LogP contribution is -2.20. The molecular formula is C13H9F3N2O. The van der Waals surface area contributed by atoms with Gasteiger partial charge < -0.3 is 5.73 Å². The molecular weight excluding hydrogens is 257 g/mol. The van der Waals surface area contributed by atoms with E-state index in [4.69, 9.17) is 5.73 Å². The third kappa shape index (κ3) is 2.57. The Morgan fingerprint density at radius 1 is 1.11 bits per heavy atom. The quantitative estimate of drug-likeness (QED) is 0.908. The minimum absolute atomic E-state index is 0.0667. The minimum atomic E-state index is -4.66. The van der Waals surface area contributed by atoms with Gasteiger partial charge in [-0.2, -0.15) is 13.2 Å². The molecule has 98 valence electrons. The van der Waals surface area contributed by atoms with E-state index in [1.165, 1.54) is 0 Å². The molecule has 0 atom stereocenters. The number of pyridine rings is 1. The fraction of sp³-hybridized carbons (Fsp3) is 0.0769. The van der Waals surface area contributed by atoms with Crippen LogP contribution in [0.1, 0.15) is 15.9 Å². The highest BCUT2D eigenvalue weighted by atomic mass is 19.4. The number of benzene rings is 1. The van der Waals surface area contributed by atoms with Gasteiger partial charge in [0, 0.05) is 11.8 Å². The predicted molar refractivity (Wildman–Crippen MR) is 63.2 cm³/mol. The molecule has 3 nitrogen and oxygen atoms in total. The number of aromatic nitrogens is 1. The van der Waals surface area contributed by atoms with Gasteiger partial charge in [-0.3, -0.25) is 9.78 Å². The van der Waals surface area contributed by atoms with Crippen LogP contribution < -0.4 is 5.73 Å². The van der Waals surface area contributed by atoms with Gasteiger partial charge in [0.1, 0.15) is 0 Å². The van der Waals surface area contributed by atoms with E-state index in [2.05, 4.69) is 4.98 Å². The summed E-state index contributed by atoms with van der Waals surface area (Å²) in [6, 6.07) is 8.86. The Labute approximate surface area is 106 Å². The highest BCUT2D eigenvalue weighted by molar-refractivity contribution is 6.00. The third-order valence-electron chi connectivity index (χ3n) is 2.55. The summed E-state index contributed by atoms with van der Waals surface area (Å²) in [5, 5.41) is 0. The van der Waals surface area contributed by atoms with Crippen LogP contribution >= 0.6 is 0 Å². The van der Waals surface area contributed by atoms with Crippen LogP contribution in [-0.4, -0.2) is 10.9 Å². The van der Waals surface area contributed by atoms with E-state index in [0.29, 0.717) is 5.56 Å². The summed E-state index contributed by atoms with van der Waals surface area (Å²) < 4.78 is 38.6. The maximum Gasteiger partial charge on any atom is 0.417 e. The lowest BCUT2D eigenvalue weighted by Gasteiger charge is -2.13. The average Bonchev–Trinajstić information content (AvgIpc) is 2.37. The van der Waals surface area contributed by atoms with Gasteiger partial charge in [0.25, 0.3) is 5.91 Å². The zero-order valence-corrected chi connectivity index (χ0v) is 9.61. The summed E-state index contributed by atoms with van der Waals surface area (Å²) in [5.41, 5.74) is 3.72. The van der Waals surface area contributed by atoms with Gasteiger partial charge in [0.15, 0.2) is 0 Å². The molecule has 0 aliphatic rings. The number of halogens is 3. The molecule has 2 aromatic rings. The maximum absolute atomic E-state index is 12.9. The van der Waals surface area contributed by atoms with Crippen LogP contribution in [0.3, 0.4) is 0 Å². The summed E-state index contributed by atoms with van der Waals surface area (Å²) in [5.74, 6) is -1.15. The molecule has 0 radical (unpaired) electrons. The lowest BCUT2D eigenvalue weighted by atomic mass is 10.0. The number of amides is 1. The molecule has 1 aromatic heterocycles. The smallest absolute Gasteiger partial charge is 0.366 e. The molecule has 0 bridgehead atoms. The second-order valence-corrected chi connectivity index (χ2v) is 3.81. The first kappa shape index (κ1) is 13.1. The Bertz CT molecular complexity index is 609. The highest BCUT2D eigenvalue weighted by Gasteiger charge is 2.36. The van der Waals surface area contributed by atoms with Crippen LogP contribution in [0.2, 0.25) is 0 Å². The summed E-state index contributed by atoms with van der Waals surface area (Å²) in [7, 11) is 0. The van der Waals surface area contributed by atoms with E-state index in [-0.39, 0.29) is 5.69 Å². The number of alkyl halides is 3. The Hall–Kier alpha value is -2.37. The van der Waals surface area contributed by atoms with Crippen molar-refractivity contribution in [2.24, 2.45) is 5.73 Å². The fourth-order valence-corrected chi connectivity index (χ4v) is 1.76. The summed E-state index contributed by atoms with van der Waals surface area (Å²) in [6.07, 6.45) is -3.64. The molecule has 2 N–H and O–H groups in total. The van der Waals surface area contributed by atoms with Crippen molar-refractivity contribution in [3.63, 3.8) is 0 Å². The zero-order chi connectivity index (χ0) is 14.0. The van der Waals surface area contributed by atoms with E-state index in [9.17, 15) is 18.0 Å². The van der Waals surface area contributed by atoms with Crippen LogP contribution in [0.5, 0.6) is 0 Å². The normalized spacial score (nSPS) is 11.3. The van der Waals surface area contributed by atoms with Crippen molar-refractivity contribution in [3.8, 4) is 11.3 Å². The molecule has 0 aliphatic heterocycles. The SMILES string of the molecule is NC(=O)c1c(C(F)(F)F)ccnc1-c1ccccc1. The van der Waals surface area contributed by atoms with Gasteiger partial charge in [-0.1, -0.05) is 30.3 Å². The number of carbonyl (C=O) groups excluding carboxylic acids is 1. The monoisotopic (exact) mass is 266 g/mol. The molecule has 0 saturated carbocycles. The molecule has 19 heavy (non-hydrogen) atoms. The molecule has 1 amide bonds. The first-order chi connectivity index (χ1) is 8.91. The Kier molecular flexibility index (Phi) is 3.25. The number of nitrogens with zero attached hydrogens (tertiary/aromatic N) is 1. The van der Waals surface area contributed by atoms with Crippen LogP contribution in [0.15, 0.2) is 42.6 Å². The molecule has 0 aliphatic carbocycles. The van der Waals surface area contributed by atoms with Crippen molar-refractivity contribution in [3.05, 3.63) is 53.7 Å². The highest BCUT2D eigenvalue weighted by Crippen LogP contribution is 2.35. The van der Waals surface area contributed by atoms with Crippen molar-refractivity contribution >= 4 is 5.91 Å². The lowest BCUT2D eigenvalue weighted by molar-refractivity contribution is -0.137. The van der Waals surface area contributed by atoms with Crippen molar-refractivity contribution < 1.29 is 18.0 Å². The zero-order valence-electron chi connectivity index (χ0n) is 9.61. The second kappa shape index (κ2) is 4.72. The number of rotatable bonds is 2. The van der Waals surface area contributed by atoms with Crippen LogP contribution in [0.25, 0.3) is 11.3 Å². The topological polar surface area (TPSA) is 56.0 Å². The minimum Gasteiger partial charge on any atom is -0.366 e. The molecule has 2 rings (SSSR count). The maximum atomic E-state index is 12.9. The van der Waals surface area contributed by atoms with E-state index in [1.807, 2.05) is 0 Å². The largest absolute Gasteiger partial charge is 0.417 e. The molecule has 1 heterocycles. The molecule has 1 aromatic carbocycles. The number of hydrogen-bond acceptors (Lipinski definition) is 2. The van der Waals surface area contributed by atoms with Gasteiger partial charge in [-0.25, -0.2) is 0 Å². The molecule has 0 fully saturated rings. The molecule has 0 spiro atoms. The summed E-state index contributed by atoms with van der Waals surface area (Å²) in [6.45, 7) is 0. The van der Waals surface area contributed by atoms with Gasteiger partial charge in [0.05, 0.1) is 16.8 Å². The molecule has 0 unspecified atom stereocenters. The number of primary amides is 1. The van der Waals surface area contributed by atoms with Crippen molar-refractivity contribution in [1.82, 2.24) is 4.98 Å². The number of carbonyl (C=O) groups is 1.